The Morgan fingerprint density at radius 1 is 1.27 bits per heavy atom. The second kappa shape index (κ2) is 8.12. The lowest BCUT2D eigenvalue weighted by Crippen LogP contribution is -2.40. The van der Waals surface area contributed by atoms with Crippen LogP contribution in [0.3, 0.4) is 0 Å². The number of carbonyl (C=O) groups is 1. The highest BCUT2D eigenvalue weighted by Crippen LogP contribution is 2.40. The van der Waals surface area contributed by atoms with Gasteiger partial charge in [0.05, 0.1) is 22.9 Å². The zero-order valence-corrected chi connectivity index (χ0v) is 18.4. The molecule has 30 heavy (non-hydrogen) atoms. The van der Waals surface area contributed by atoms with Gasteiger partial charge in [-0.15, -0.1) is 11.3 Å². The number of hydrogen-bond acceptors (Lipinski definition) is 6. The molecule has 1 atom stereocenters. The Balaban J connectivity index is 1.37. The Kier molecular flexibility index (Phi) is 5.33. The van der Waals surface area contributed by atoms with Crippen LogP contribution in [0.15, 0.2) is 22.8 Å². The predicted octanol–water partition coefficient (Wildman–Crippen LogP) is 4.74. The fourth-order valence-electron chi connectivity index (χ4n) is 4.49. The smallest absolute Gasteiger partial charge is 0.261 e. The molecule has 0 radical (unpaired) electrons. The topological polar surface area (TPSA) is 71.3 Å². The summed E-state index contributed by atoms with van der Waals surface area (Å²) in [6.07, 6.45) is 7.73. The minimum absolute atomic E-state index is 0.0311. The molecule has 1 saturated carbocycles. The standard InChI is InChI=1S/C23H28N4O2S/c1-14-19-15(2)25-21(16-8-9-16)26-23(19)30-20(14)22(28)24-13-17(18-7-6-12-29-18)27-10-4-3-5-11-27/h6-7,12,16-17H,3-5,8-11,13H2,1-2H3,(H,24,28). The van der Waals surface area contributed by atoms with E-state index in [0.717, 1.165) is 51.0 Å². The average Bonchev–Trinajstić information content (AvgIpc) is 3.36. The van der Waals surface area contributed by atoms with Gasteiger partial charge in [0.2, 0.25) is 0 Å². The molecule has 3 aromatic rings. The summed E-state index contributed by atoms with van der Waals surface area (Å²) in [6, 6.07) is 4.00. The van der Waals surface area contributed by atoms with Gasteiger partial charge in [0.15, 0.2) is 0 Å². The van der Waals surface area contributed by atoms with Crippen LogP contribution in [0.25, 0.3) is 10.2 Å². The number of nitrogens with zero attached hydrogens (tertiary/aromatic N) is 3. The van der Waals surface area contributed by atoms with E-state index in [0.29, 0.717) is 12.5 Å². The maximum atomic E-state index is 13.1. The van der Waals surface area contributed by atoms with Crippen LogP contribution in [-0.4, -0.2) is 40.4 Å². The number of aromatic nitrogens is 2. The lowest BCUT2D eigenvalue weighted by atomic mass is 10.1. The number of thiophene rings is 1. The molecule has 0 bridgehead atoms. The van der Waals surface area contributed by atoms with Crippen LogP contribution in [0.2, 0.25) is 0 Å². The van der Waals surface area contributed by atoms with Crippen molar-refractivity contribution in [2.75, 3.05) is 19.6 Å². The molecule has 2 fully saturated rings. The highest BCUT2D eigenvalue weighted by Gasteiger charge is 2.29. The van der Waals surface area contributed by atoms with Crippen LogP contribution < -0.4 is 5.32 Å². The Labute approximate surface area is 180 Å². The molecule has 4 heterocycles. The number of furan rings is 1. The maximum absolute atomic E-state index is 13.1. The maximum Gasteiger partial charge on any atom is 0.261 e. The fraction of sp³-hybridized carbons (Fsp3) is 0.522. The minimum Gasteiger partial charge on any atom is -0.468 e. The molecule has 1 saturated heterocycles. The third-order valence-corrected chi connectivity index (χ3v) is 7.48. The summed E-state index contributed by atoms with van der Waals surface area (Å²) in [5.41, 5.74) is 1.97. The second-order valence-electron chi connectivity index (χ2n) is 8.52. The normalized spacial score (nSPS) is 18.6. The zero-order chi connectivity index (χ0) is 20.7. The van der Waals surface area contributed by atoms with E-state index in [1.165, 1.54) is 43.4 Å². The Hall–Kier alpha value is -2.25. The van der Waals surface area contributed by atoms with Crippen molar-refractivity contribution < 1.29 is 9.21 Å². The summed E-state index contributed by atoms with van der Waals surface area (Å²) >= 11 is 1.49. The molecule has 0 aromatic carbocycles. The van der Waals surface area contributed by atoms with Crippen molar-refractivity contribution in [3.63, 3.8) is 0 Å². The van der Waals surface area contributed by atoms with E-state index in [1.54, 1.807) is 6.26 Å². The predicted molar refractivity (Wildman–Crippen MR) is 118 cm³/mol. The van der Waals surface area contributed by atoms with Gasteiger partial charge in [-0.2, -0.15) is 0 Å². The molecule has 0 spiro atoms. The summed E-state index contributed by atoms with van der Waals surface area (Å²) < 4.78 is 5.71. The van der Waals surface area contributed by atoms with E-state index in [9.17, 15) is 4.79 Å². The Morgan fingerprint density at radius 2 is 2.07 bits per heavy atom. The third kappa shape index (κ3) is 3.76. The van der Waals surface area contributed by atoms with E-state index >= 15 is 0 Å². The molecule has 3 aromatic heterocycles. The molecule has 158 valence electrons. The minimum atomic E-state index is -0.0311. The molecule has 1 unspecified atom stereocenters. The largest absolute Gasteiger partial charge is 0.468 e. The molecule has 7 heteroatoms. The molecule has 6 nitrogen and oxygen atoms in total. The van der Waals surface area contributed by atoms with E-state index in [1.807, 2.05) is 26.0 Å². The zero-order valence-electron chi connectivity index (χ0n) is 17.6. The molecule has 2 aliphatic rings. The number of amides is 1. The summed E-state index contributed by atoms with van der Waals surface area (Å²) in [5.74, 6) is 2.33. The van der Waals surface area contributed by atoms with Crippen molar-refractivity contribution in [1.29, 1.82) is 0 Å². The van der Waals surface area contributed by atoms with Gasteiger partial charge in [-0.3, -0.25) is 9.69 Å². The van der Waals surface area contributed by atoms with E-state index in [-0.39, 0.29) is 11.9 Å². The summed E-state index contributed by atoms with van der Waals surface area (Å²) in [4.78, 5) is 26.7. The summed E-state index contributed by atoms with van der Waals surface area (Å²) in [5, 5.41) is 4.21. The van der Waals surface area contributed by atoms with Crippen LogP contribution in [0.5, 0.6) is 0 Å². The van der Waals surface area contributed by atoms with Crippen molar-refractivity contribution in [2.45, 2.75) is 57.9 Å². The number of aryl methyl sites for hydroxylation is 2. The first-order chi connectivity index (χ1) is 14.6. The summed E-state index contributed by atoms with van der Waals surface area (Å²) in [7, 11) is 0. The summed E-state index contributed by atoms with van der Waals surface area (Å²) in [6.45, 7) is 6.66. The molecule has 5 rings (SSSR count). The molecule has 1 aliphatic carbocycles. The number of likely N-dealkylation sites (tertiary alicyclic amines) is 1. The van der Waals surface area contributed by atoms with Crippen LogP contribution in [0.1, 0.15) is 76.6 Å². The van der Waals surface area contributed by atoms with Gasteiger partial charge in [0, 0.05) is 17.8 Å². The highest BCUT2D eigenvalue weighted by molar-refractivity contribution is 7.20. The van der Waals surface area contributed by atoms with Crippen LogP contribution in [-0.2, 0) is 0 Å². The van der Waals surface area contributed by atoms with Gasteiger partial charge in [-0.1, -0.05) is 6.42 Å². The highest BCUT2D eigenvalue weighted by atomic mass is 32.1. The first-order valence-corrected chi connectivity index (χ1v) is 11.8. The van der Waals surface area contributed by atoms with Crippen molar-refractivity contribution in [1.82, 2.24) is 20.2 Å². The number of nitrogens with one attached hydrogen (secondary N) is 1. The first kappa shape index (κ1) is 19.7. The number of piperidine rings is 1. The van der Waals surface area contributed by atoms with Crippen molar-refractivity contribution in [2.24, 2.45) is 0 Å². The van der Waals surface area contributed by atoms with Gasteiger partial charge in [0.1, 0.15) is 16.4 Å². The molecule has 1 N–H and O–H groups in total. The van der Waals surface area contributed by atoms with Crippen LogP contribution >= 0.6 is 11.3 Å². The third-order valence-electron chi connectivity index (χ3n) is 6.30. The van der Waals surface area contributed by atoms with Crippen molar-refractivity contribution in [3.8, 4) is 0 Å². The average molecular weight is 425 g/mol. The molecule has 1 aliphatic heterocycles. The number of hydrogen-bond donors (Lipinski definition) is 1. The van der Waals surface area contributed by atoms with Gasteiger partial charge >= 0.3 is 0 Å². The lowest BCUT2D eigenvalue weighted by Gasteiger charge is -2.33. The van der Waals surface area contributed by atoms with E-state index in [2.05, 4.69) is 10.2 Å². The molecule has 1 amide bonds. The first-order valence-electron chi connectivity index (χ1n) is 10.9. The van der Waals surface area contributed by atoms with E-state index in [4.69, 9.17) is 14.4 Å². The number of rotatable bonds is 6. The van der Waals surface area contributed by atoms with Crippen LogP contribution in [0.4, 0.5) is 0 Å². The van der Waals surface area contributed by atoms with Gasteiger partial charge in [-0.05, 0) is 70.3 Å². The number of carbonyl (C=O) groups excluding carboxylic acids is 1. The number of fused-ring (bicyclic) bond motifs is 1. The quantitative estimate of drug-likeness (QED) is 0.619. The van der Waals surface area contributed by atoms with Crippen molar-refractivity contribution >= 4 is 27.5 Å². The lowest BCUT2D eigenvalue weighted by molar-refractivity contribution is 0.0917. The Bertz CT molecular complexity index is 1050. The van der Waals surface area contributed by atoms with Crippen molar-refractivity contribution in [3.05, 3.63) is 46.1 Å². The van der Waals surface area contributed by atoms with E-state index < -0.39 is 0 Å². The SMILES string of the molecule is Cc1nc(C2CC2)nc2sc(C(=O)NCC(c3ccco3)N3CCCCC3)c(C)c12. The fourth-order valence-corrected chi connectivity index (χ4v) is 5.65. The second-order valence-corrected chi connectivity index (χ2v) is 9.51. The van der Waals surface area contributed by atoms with Gasteiger partial charge in [-0.25, -0.2) is 9.97 Å². The van der Waals surface area contributed by atoms with Crippen LogP contribution in [0, 0.1) is 13.8 Å². The Morgan fingerprint density at radius 3 is 2.77 bits per heavy atom. The monoisotopic (exact) mass is 424 g/mol. The van der Waals surface area contributed by atoms with Gasteiger partial charge < -0.3 is 9.73 Å². The van der Waals surface area contributed by atoms with Gasteiger partial charge in [0.25, 0.3) is 5.91 Å². The molecular formula is C23H28N4O2S. The molecular weight excluding hydrogens is 396 g/mol.